The van der Waals surface area contributed by atoms with Crippen LogP contribution in [0, 0.1) is 0 Å². The molecule has 0 aromatic carbocycles. The monoisotopic (exact) mass is 106 g/mol. The van der Waals surface area contributed by atoms with Gasteiger partial charge in [-0.15, -0.1) is 0 Å². The van der Waals surface area contributed by atoms with Gasteiger partial charge in [-0.25, -0.2) is 4.39 Å². The Morgan fingerprint density at radius 2 is 2.50 bits per heavy atom. The molecule has 0 aliphatic heterocycles. The molecule has 0 spiro atoms. The van der Waals surface area contributed by atoms with Gasteiger partial charge in [0.25, 0.3) is 0 Å². The lowest BCUT2D eigenvalue weighted by Crippen LogP contribution is -1.48. The van der Waals surface area contributed by atoms with Gasteiger partial charge in [0.2, 0.25) is 0 Å². The highest BCUT2D eigenvalue weighted by atomic mass is 31.1. The first-order valence-electron chi connectivity index (χ1n) is 1.90. The van der Waals surface area contributed by atoms with E-state index in [2.05, 4.69) is 0 Å². The molecule has 0 heterocycles. The fraction of sp³-hybridized carbons (Fsp3) is 0.500. The number of hydrogen-bond donors (Lipinski definition) is 0. The SMILES string of the molecule is CCP/C=C\F. The van der Waals surface area contributed by atoms with Crippen LogP contribution in [0.15, 0.2) is 12.1 Å². The summed E-state index contributed by atoms with van der Waals surface area (Å²) >= 11 is 0. The van der Waals surface area contributed by atoms with E-state index >= 15 is 0 Å². The number of halogens is 1. The van der Waals surface area contributed by atoms with Crippen LogP contribution < -0.4 is 0 Å². The van der Waals surface area contributed by atoms with Crippen molar-refractivity contribution in [3.63, 3.8) is 0 Å². The molecule has 0 aliphatic carbocycles. The molecular formula is C4H8FP. The molecule has 0 radical (unpaired) electrons. The third-order valence-electron chi connectivity index (χ3n) is 0.385. The minimum Gasteiger partial charge on any atom is -0.216 e. The largest absolute Gasteiger partial charge is 0.216 e. The average molecular weight is 106 g/mol. The minimum absolute atomic E-state index is 0.599. The average Bonchev–Trinajstić information content (AvgIpc) is 1.61. The van der Waals surface area contributed by atoms with Gasteiger partial charge in [-0.05, 0) is 12.0 Å². The lowest BCUT2D eigenvalue weighted by atomic mass is 11.0. The highest BCUT2D eigenvalue weighted by molar-refractivity contribution is 7.41. The molecule has 0 aliphatic rings. The predicted octanol–water partition coefficient (Wildman–Crippen LogP) is 2.13. The van der Waals surface area contributed by atoms with E-state index < -0.39 is 0 Å². The molecular weight excluding hydrogens is 98.0 g/mol. The van der Waals surface area contributed by atoms with Gasteiger partial charge in [-0.2, -0.15) is 0 Å². The van der Waals surface area contributed by atoms with Gasteiger partial charge in [0.1, 0.15) is 0 Å². The van der Waals surface area contributed by atoms with E-state index in [1.807, 2.05) is 6.92 Å². The summed E-state index contributed by atoms with van der Waals surface area (Å²) in [5, 5.41) is 0. The third-order valence-corrected chi connectivity index (χ3v) is 1.15. The second-order valence-corrected chi connectivity index (χ2v) is 2.30. The molecule has 0 fully saturated rings. The van der Waals surface area contributed by atoms with Gasteiger partial charge in [-0.1, -0.05) is 15.5 Å². The Morgan fingerprint density at radius 3 is 2.67 bits per heavy atom. The molecule has 0 saturated carbocycles. The van der Waals surface area contributed by atoms with Crippen molar-refractivity contribution in [3.8, 4) is 0 Å². The summed E-state index contributed by atoms with van der Waals surface area (Å²) in [5.74, 6) is 1.54. The van der Waals surface area contributed by atoms with Crippen molar-refractivity contribution in [1.82, 2.24) is 0 Å². The van der Waals surface area contributed by atoms with Gasteiger partial charge in [0.05, 0.1) is 6.33 Å². The van der Waals surface area contributed by atoms with Crippen molar-refractivity contribution in [2.45, 2.75) is 6.92 Å². The first-order chi connectivity index (χ1) is 2.91. The van der Waals surface area contributed by atoms with Crippen LogP contribution in [-0.2, 0) is 0 Å². The van der Waals surface area contributed by atoms with E-state index in [1.54, 1.807) is 5.82 Å². The van der Waals surface area contributed by atoms with Crippen LogP contribution in [0.3, 0.4) is 0 Å². The third kappa shape index (κ3) is 4.10. The van der Waals surface area contributed by atoms with E-state index in [0.29, 0.717) is 14.9 Å². The lowest BCUT2D eigenvalue weighted by molar-refractivity contribution is 0.723. The van der Waals surface area contributed by atoms with E-state index in [0.717, 1.165) is 6.16 Å². The molecule has 0 N–H and O–H groups in total. The lowest BCUT2D eigenvalue weighted by Gasteiger charge is -1.75. The van der Waals surface area contributed by atoms with E-state index in [4.69, 9.17) is 0 Å². The first kappa shape index (κ1) is 6.10. The van der Waals surface area contributed by atoms with Gasteiger partial charge in [0, 0.05) is 0 Å². The number of rotatable bonds is 2. The van der Waals surface area contributed by atoms with Crippen molar-refractivity contribution in [3.05, 3.63) is 12.1 Å². The van der Waals surface area contributed by atoms with Crippen molar-refractivity contribution in [2.24, 2.45) is 0 Å². The molecule has 2 heteroatoms. The fourth-order valence-corrected chi connectivity index (χ4v) is 0.487. The second kappa shape index (κ2) is 5.10. The van der Waals surface area contributed by atoms with Crippen molar-refractivity contribution < 1.29 is 4.39 Å². The van der Waals surface area contributed by atoms with Gasteiger partial charge in [0.15, 0.2) is 0 Å². The Hall–Kier alpha value is 0.100. The highest BCUT2D eigenvalue weighted by Crippen LogP contribution is 2.08. The van der Waals surface area contributed by atoms with Gasteiger partial charge in [-0.3, -0.25) is 0 Å². The quantitative estimate of drug-likeness (QED) is 0.473. The molecule has 0 nitrogen and oxygen atoms in total. The Kier molecular flexibility index (Phi) is 5.18. The molecule has 0 saturated heterocycles. The topological polar surface area (TPSA) is 0 Å². The highest BCUT2D eigenvalue weighted by Gasteiger charge is 1.65. The first-order valence-corrected chi connectivity index (χ1v) is 3.19. The second-order valence-electron chi connectivity index (χ2n) is 0.850. The molecule has 0 amide bonds. The van der Waals surface area contributed by atoms with Gasteiger partial charge < -0.3 is 0 Å². The summed E-state index contributed by atoms with van der Waals surface area (Å²) < 4.78 is 11.0. The summed E-state index contributed by atoms with van der Waals surface area (Å²) in [4.78, 5) is 0. The van der Waals surface area contributed by atoms with Gasteiger partial charge >= 0.3 is 0 Å². The standard InChI is InChI=1S/C4H8FP/c1-2-6-4-3-5/h3-4,6H,2H2,1H3/b4-3-. The molecule has 0 aromatic rings. The summed E-state index contributed by atoms with van der Waals surface area (Å²) in [6.07, 6.45) is 1.66. The van der Waals surface area contributed by atoms with Crippen LogP contribution in [0.1, 0.15) is 6.92 Å². The zero-order valence-corrected chi connectivity index (χ0v) is 4.74. The summed E-state index contributed by atoms with van der Waals surface area (Å²) in [6, 6.07) is 0. The Balaban J connectivity index is 2.66. The van der Waals surface area contributed by atoms with Crippen molar-refractivity contribution >= 4 is 8.58 Å². The Bertz CT molecular complexity index is 42.8. The molecule has 0 bridgehead atoms. The van der Waals surface area contributed by atoms with Crippen LogP contribution in [0.4, 0.5) is 4.39 Å². The van der Waals surface area contributed by atoms with Crippen LogP contribution in [0.2, 0.25) is 0 Å². The normalized spacial score (nSPS) is 12.3. The van der Waals surface area contributed by atoms with E-state index in [1.165, 1.54) is 0 Å². The smallest absolute Gasteiger partial charge is 0.0869 e. The van der Waals surface area contributed by atoms with Crippen LogP contribution >= 0.6 is 8.58 Å². The molecule has 0 aromatic heterocycles. The van der Waals surface area contributed by atoms with Crippen LogP contribution in [-0.4, -0.2) is 6.16 Å². The van der Waals surface area contributed by atoms with E-state index in [9.17, 15) is 4.39 Å². The zero-order chi connectivity index (χ0) is 4.83. The molecule has 0 rings (SSSR count). The Morgan fingerprint density at radius 1 is 1.83 bits per heavy atom. The summed E-state index contributed by atoms with van der Waals surface area (Å²) in [6.45, 7) is 2.03. The summed E-state index contributed by atoms with van der Waals surface area (Å²) in [5.41, 5.74) is 0. The van der Waals surface area contributed by atoms with Crippen molar-refractivity contribution in [2.75, 3.05) is 6.16 Å². The Labute approximate surface area is 39.2 Å². The maximum absolute atomic E-state index is 11.0. The van der Waals surface area contributed by atoms with Crippen LogP contribution in [0.5, 0.6) is 0 Å². The predicted molar refractivity (Wildman–Crippen MR) is 29.1 cm³/mol. The maximum atomic E-state index is 11.0. The molecule has 6 heavy (non-hydrogen) atoms. The van der Waals surface area contributed by atoms with E-state index in [-0.39, 0.29) is 0 Å². The molecule has 36 valence electrons. The fourth-order valence-electron chi connectivity index (χ4n) is 0.162. The maximum Gasteiger partial charge on any atom is 0.0869 e. The number of hydrogen-bond acceptors (Lipinski definition) is 0. The summed E-state index contributed by atoms with van der Waals surface area (Å²) in [7, 11) is 0.659. The van der Waals surface area contributed by atoms with Crippen molar-refractivity contribution in [1.29, 1.82) is 0 Å². The molecule has 1 atom stereocenters. The minimum atomic E-state index is 0.599. The zero-order valence-electron chi connectivity index (χ0n) is 3.74. The van der Waals surface area contributed by atoms with Crippen LogP contribution in [0.25, 0.3) is 0 Å². The molecule has 1 unspecified atom stereocenters.